The lowest BCUT2D eigenvalue weighted by atomic mass is 10.1. The maximum Gasteiger partial charge on any atom is 0.234 e. The molecule has 0 atom stereocenters. The molecule has 32 heavy (non-hydrogen) atoms. The van der Waals surface area contributed by atoms with Gasteiger partial charge < -0.3 is 14.6 Å². The molecular formula is C24H21ClN4O2S. The molecule has 162 valence electrons. The molecule has 0 saturated heterocycles. The van der Waals surface area contributed by atoms with E-state index in [0.29, 0.717) is 33.8 Å². The minimum absolute atomic E-state index is 0.175. The molecule has 8 heteroatoms. The van der Waals surface area contributed by atoms with Crippen molar-refractivity contribution in [3.63, 3.8) is 0 Å². The number of anilines is 1. The topological polar surface area (TPSA) is 69.0 Å². The van der Waals surface area contributed by atoms with E-state index in [1.54, 1.807) is 18.2 Å². The van der Waals surface area contributed by atoms with Gasteiger partial charge in [0.05, 0.1) is 11.4 Å². The van der Waals surface area contributed by atoms with Crippen molar-refractivity contribution in [3.8, 4) is 11.5 Å². The molecule has 0 unspecified atom stereocenters. The second-order valence-electron chi connectivity index (χ2n) is 7.01. The van der Waals surface area contributed by atoms with Crippen LogP contribution in [-0.4, -0.2) is 26.4 Å². The number of halogens is 1. The largest absolute Gasteiger partial charge is 0.455 e. The van der Waals surface area contributed by atoms with E-state index in [2.05, 4.69) is 27.6 Å². The third kappa shape index (κ3) is 5.69. The van der Waals surface area contributed by atoms with Gasteiger partial charge in [-0.25, -0.2) is 0 Å². The highest BCUT2D eigenvalue weighted by molar-refractivity contribution is 7.99. The number of carbonyl (C=O) groups excluding carboxylic acids is 1. The lowest BCUT2D eigenvalue weighted by Gasteiger charge is -2.12. The average Bonchev–Trinajstić information content (AvgIpc) is 3.15. The maximum atomic E-state index is 12.6. The number of amides is 1. The molecular weight excluding hydrogens is 444 g/mol. The van der Waals surface area contributed by atoms with Crippen molar-refractivity contribution >= 4 is 35.0 Å². The molecule has 0 aliphatic rings. The Morgan fingerprint density at radius 2 is 1.75 bits per heavy atom. The van der Waals surface area contributed by atoms with Gasteiger partial charge in [-0.2, -0.15) is 0 Å². The molecule has 1 N–H and O–H groups in total. The zero-order valence-corrected chi connectivity index (χ0v) is 18.9. The van der Waals surface area contributed by atoms with Gasteiger partial charge in [-0.15, -0.1) is 10.2 Å². The number of rotatable bonds is 8. The fourth-order valence-corrected chi connectivity index (χ4v) is 3.93. The summed E-state index contributed by atoms with van der Waals surface area (Å²) in [6.07, 6.45) is 0.680. The molecule has 0 spiro atoms. The van der Waals surface area contributed by atoms with Crippen LogP contribution in [0.2, 0.25) is 5.02 Å². The van der Waals surface area contributed by atoms with E-state index >= 15 is 0 Å². The van der Waals surface area contributed by atoms with E-state index in [1.807, 2.05) is 60.1 Å². The summed E-state index contributed by atoms with van der Waals surface area (Å²) in [7, 11) is 1.90. The van der Waals surface area contributed by atoms with E-state index in [4.69, 9.17) is 16.3 Å². The SMILES string of the molecule is Cn1c(Cc2ccccc2)nnc1SCC(=O)Nc1cc(Cl)ccc1Oc1ccccc1. The van der Waals surface area contributed by atoms with Crippen molar-refractivity contribution in [2.24, 2.45) is 7.05 Å². The quantitative estimate of drug-likeness (QED) is 0.344. The molecule has 6 nitrogen and oxygen atoms in total. The van der Waals surface area contributed by atoms with Crippen LogP contribution in [0, 0.1) is 0 Å². The lowest BCUT2D eigenvalue weighted by Crippen LogP contribution is -2.15. The number of hydrogen-bond donors (Lipinski definition) is 1. The Morgan fingerprint density at radius 3 is 2.50 bits per heavy atom. The van der Waals surface area contributed by atoms with Gasteiger partial charge in [0.1, 0.15) is 11.6 Å². The van der Waals surface area contributed by atoms with Crippen molar-refractivity contribution in [2.75, 3.05) is 11.1 Å². The second-order valence-corrected chi connectivity index (χ2v) is 8.39. The Morgan fingerprint density at radius 1 is 1.03 bits per heavy atom. The number of benzene rings is 3. The van der Waals surface area contributed by atoms with Crippen molar-refractivity contribution in [1.82, 2.24) is 14.8 Å². The van der Waals surface area contributed by atoms with Gasteiger partial charge in [-0.3, -0.25) is 4.79 Å². The Bertz CT molecular complexity index is 1200. The fraction of sp³-hybridized carbons (Fsp3) is 0.125. The van der Waals surface area contributed by atoms with Gasteiger partial charge in [0, 0.05) is 18.5 Å². The van der Waals surface area contributed by atoms with Crippen molar-refractivity contribution in [3.05, 3.63) is 95.3 Å². The van der Waals surface area contributed by atoms with Crippen LogP contribution in [0.5, 0.6) is 11.5 Å². The molecule has 1 heterocycles. The highest BCUT2D eigenvalue weighted by Gasteiger charge is 2.14. The third-order valence-electron chi connectivity index (χ3n) is 4.65. The van der Waals surface area contributed by atoms with E-state index in [1.165, 1.54) is 11.8 Å². The zero-order valence-electron chi connectivity index (χ0n) is 17.4. The lowest BCUT2D eigenvalue weighted by molar-refractivity contribution is -0.113. The van der Waals surface area contributed by atoms with Gasteiger partial charge in [0.15, 0.2) is 10.9 Å². The molecule has 0 bridgehead atoms. The summed E-state index contributed by atoms with van der Waals surface area (Å²) in [6, 6.07) is 24.6. The summed E-state index contributed by atoms with van der Waals surface area (Å²) in [5.41, 5.74) is 1.67. The number of hydrogen-bond acceptors (Lipinski definition) is 5. The summed E-state index contributed by atoms with van der Waals surface area (Å²) < 4.78 is 7.81. The number of nitrogens with zero attached hydrogens (tertiary/aromatic N) is 3. The van der Waals surface area contributed by atoms with Gasteiger partial charge in [-0.05, 0) is 35.9 Å². The van der Waals surface area contributed by atoms with Crippen LogP contribution in [0.15, 0.2) is 84.0 Å². The molecule has 4 aromatic rings. The predicted molar refractivity (Wildman–Crippen MR) is 128 cm³/mol. The number of thioether (sulfide) groups is 1. The van der Waals surface area contributed by atoms with Crippen LogP contribution >= 0.6 is 23.4 Å². The van der Waals surface area contributed by atoms with Crippen LogP contribution < -0.4 is 10.1 Å². The molecule has 1 aromatic heterocycles. The normalized spacial score (nSPS) is 10.7. The molecule has 1 amide bonds. The number of nitrogens with one attached hydrogen (secondary N) is 1. The molecule has 4 rings (SSSR count). The maximum absolute atomic E-state index is 12.6. The first kappa shape index (κ1) is 21.9. The number of carbonyl (C=O) groups is 1. The van der Waals surface area contributed by atoms with Crippen molar-refractivity contribution < 1.29 is 9.53 Å². The summed E-state index contributed by atoms with van der Waals surface area (Å²) in [5, 5.41) is 12.6. The van der Waals surface area contributed by atoms with Crippen LogP contribution in [0.1, 0.15) is 11.4 Å². The monoisotopic (exact) mass is 464 g/mol. The van der Waals surface area contributed by atoms with Crippen LogP contribution in [-0.2, 0) is 18.3 Å². The van der Waals surface area contributed by atoms with Gasteiger partial charge >= 0.3 is 0 Å². The standard InChI is InChI=1S/C24H21ClN4O2S/c1-29-22(14-17-8-4-2-5-9-17)27-28-24(29)32-16-23(30)26-20-15-18(25)12-13-21(20)31-19-10-6-3-7-11-19/h2-13,15H,14,16H2,1H3,(H,26,30). The van der Waals surface area contributed by atoms with Gasteiger partial charge in [0.25, 0.3) is 0 Å². The smallest absolute Gasteiger partial charge is 0.234 e. The number of ether oxygens (including phenoxy) is 1. The summed E-state index contributed by atoms with van der Waals surface area (Å²) >= 11 is 7.46. The number of para-hydroxylation sites is 1. The molecule has 0 fully saturated rings. The number of aromatic nitrogens is 3. The van der Waals surface area contributed by atoms with Crippen molar-refractivity contribution in [2.45, 2.75) is 11.6 Å². The first-order valence-electron chi connectivity index (χ1n) is 9.96. The fourth-order valence-electron chi connectivity index (χ4n) is 3.02. The molecule has 0 saturated carbocycles. The minimum Gasteiger partial charge on any atom is -0.455 e. The highest BCUT2D eigenvalue weighted by atomic mass is 35.5. The highest BCUT2D eigenvalue weighted by Crippen LogP contribution is 2.32. The van der Waals surface area contributed by atoms with E-state index < -0.39 is 0 Å². The summed E-state index contributed by atoms with van der Waals surface area (Å²) in [5.74, 6) is 2.01. The minimum atomic E-state index is -0.192. The predicted octanol–water partition coefficient (Wildman–Crippen LogP) is 5.58. The third-order valence-corrected chi connectivity index (χ3v) is 5.90. The first-order chi connectivity index (χ1) is 15.6. The van der Waals surface area contributed by atoms with Crippen molar-refractivity contribution in [1.29, 1.82) is 0 Å². The Hall–Kier alpha value is -3.29. The Balaban J connectivity index is 1.39. The summed E-state index contributed by atoms with van der Waals surface area (Å²) in [4.78, 5) is 12.6. The Kier molecular flexibility index (Phi) is 7.09. The molecule has 0 aliphatic heterocycles. The molecule has 0 radical (unpaired) electrons. The van der Waals surface area contributed by atoms with Crippen LogP contribution in [0.3, 0.4) is 0 Å². The van der Waals surface area contributed by atoms with Crippen LogP contribution in [0.4, 0.5) is 5.69 Å². The van der Waals surface area contributed by atoms with Gasteiger partial charge in [-0.1, -0.05) is 71.9 Å². The van der Waals surface area contributed by atoms with Gasteiger partial charge in [0.2, 0.25) is 5.91 Å². The summed E-state index contributed by atoms with van der Waals surface area (Å²) in [6.45, 7) is 0. The second kappa shape index (κ2) is 10.3. The van der Waals surface area contributed by atoms with E-state index in [-0.39, 0.29) is 11.7 Å². The zero-order chi connectivity index (χ0) is 22.3. The first-order valence-corrected chi connectivity index (χ1v) is 11.3. The van der Waals surface area contributed by atoms with E-state index in [0.717, 1.165) is 11.4 Å². The van der Waals surface area contributed by atoms with E-state index in [9.17, 15) is 4.79 Å². The molecule has 0 aliphatic carbocycles. The average molecular weight is 465 g/mol. The molecule has 3 aromatic carbocycles. The Labute approximate surface area is 195 Å². The van der Waals surface area contributed by atoms with Crippen LogP contribution in [0.25, 0.3) is 0 Å².